The average Bonchev–Trinajstić information content (AvgIpc) is 1.60. The SMILES string of the molecule is Cc1ccc2c(n1)oc1c(N3c4cccnc4N(C(C)C)[C@@H]3C)c(C)ccc12.Cc1ccc2c(n1)oc1c(N3c4ncccc4N(C(C)C)[C@@H]3C)c(C)ccc12.Cc1ccc2c(n1)oc1c(N3c4ncccc4N(c4ccccc4)[C@@H]3C)c(C)ccc12.Cc1ccc2c(n1)oc1c(N3c4nccnc4N(C(C)C)[C@@H]3C)c(C)ccc12.Cc1ccc2c(n1)oc1c(N3c4nccnc4N(C)[C@@H]3C)c(C)ccc12. The molecule has 0 fully saturated rings. The van der Waals surface area contributed by atoms with Crippen molar-refractivity contribution < 1.29 is 22.1 Å². The number of furan rings is 5. The van der Waals surface area contributed by atoms with Crippen molar-refractivity contribution in [2.45, 2.75) is 194 Å². The summed E-state index contributed by atoms with van der Waals surface area (Å²) >= 11 is 0. The molecule has 0 aliphatic carbocycles. The van der Waals surface area contributed by atoms with Crippen LogP contribution >= 0.6 is 0 Å². The van der Waals surface area contributed by atoms with Crippen LogP contribution in [-0.4, -0.2) is 116 Å². The number of rotatable bonds is 9. The Labute approximate surface area is 817 Å². The summed E-state index contributed by atoms with van der Waals surface area (Å²) in [5, 5.41) is 10.6. The molecule has 0 saturated heterocycles. The van der Waals surface area contributed by atoms with Crippen LogP contribution in [0.2, 0.25) is 0 Å². The van der Waals surface area contributed by atoms with Crippen LogP contribution in [0, 0.1) is 69.2 Å². The molecular formula is C114H112N22O5. The molecule has 15 aromatic heterocycles. The molecule has 5 aliphatic rings. The summed E-state index contributed by atoms with van der Waals surface area (Å²) in [6, 6.07) is 65.9. The van der Waals surface area contributed by atoms with E-state index in [4.69, 9.17) is 37.0 Å². The van der Waals surface area contributed by atoms with Gasteiger partial charge < -0.3 is 56.4 Å². The number of aryl methyl sites for hydroxylation is 10. The Bertz CT molecular complexity index is 8060. The first-order valence-corrected chi connectivity index (χ1v) is 48.4. The second kappa shape index (κ2) is 35.0. The molecule has 708 valence electrons. The van der Waals surface area contributed by atoms with E-state index in [1.807, 2.05) is 115 Å². The third kappa shape index (κ3) is 14.7. The van der Waals surface area contributed by atoms with E-state index in [1.165, 1.54) is 5.56 Å². The second-order valence-corrected chi connectivity index (χ2v) is 38.4. The van der Waals surface area contributed by atoms with Crippen LogP contribution in [0.25, 0.3) is 110 Å². The Morgan fingerprint density at radius 2 is 0.496 bits per heavy atom. The molecule has 5 atom stereocenters. The monoisotopic (exact) mass is 1870 g/mol. The van der Waals surface area contributed by atoms with E-state index in [9.17, 15) is 0 Å². The highest BCUT2D eigenvalue weighted by Gasteiger charge is 2.45. The van der Waals surface area contributed by atoms with E-state index in [-0.39, 0.29) is 30.8 Å². The van der Waals surface area contributed by atoms with Crippen molar-refractivity contribution in [1.29, 1.82) is 0 Å². The molecule has 141 heavy (non-hydrogen) atoms. The highest BCUT2D eigenvalue weighted by molar-refractivity contribution is 6.15. The summed E-state index contributed by atoms with van der Waals surface area (Å²) < 4.78 is 31.5. The van der Waals surface area contributed by atoms with E-state index in [0.29, 0.717) is 46.7 Å². The summed E-state index contributed by atoms with van der Waals surface area (Å²) in [7, 11) is 2.04. The maximum atomic E-state index is 6.36. The van der Waals surface area contributed by atoms with Gasteiger partial charge in [0.15, 0.2) is 68.6 Å². The number of para-hydroxylation sites is 1. The lowest BCUT2D eigenvalue weighted by molar-refractivity contribution is 0.597. The van der Waals surface area contributed by atoms with Crippen molar-refractivity contribution in [3.05, 3.63) is 288 Å². The molecule has 26 rings (SSSR count). The molecule has 0 amide bonds. The summed E-state index contributed by atoms with van der Waals surface area (Å²) in [5.74, 6) is 6.42. The van der Waals surface area contributed by atoms with E-state index in [1.54, 1.807) is 24.8 Å². The molecule has 0 unspecified atom stereocenters. The van der Waals surface area contributed by atoms with Crippen LogP contribution in [0.4, 0.5) is 91.9 Å². The predicted molar refractivity (Wildman–Crippen MR) is 570 cm³/mol. The number of aromatic nitrogens is 12. The molecule has 0 N–H and O–H groups in total. The highest BCUT2D eigenvalue weighted by atomic mass is 16.4. The summed E-state index contributed by atoms with van der Waals surface area (Å²) in [4.78, 5) is 78.6. The minimum absolute atomic E-state index is 0.0273. The summed E-state index contributed by atoms with van der Waals surface area (Å²) in [5.41, 5.74) is 28.0. The van der Waals surface area contributed by atoms with Gasteiger partial charge in [-0.15, -0.1) is 0 Å². The lowest BCUT2D eigenvalue weighted by Crippen LogP contribution is -2.42. The first kappa shape index (κ1) is 89.9. The van der Waals surface area contributed by atoms with Crippen molar-refractivity contribution in [1.82, 2.24) is 59.8 Å². The Balaban J connectivity index is 0.000000101. The van der Waals surface area contributed by atoms with E-state index >= 15 is 0 Å². The fraction of sp³-hybridized carbons (Fsp3) is 0.263. The maximum absolute atomic E-state index is 6.36. The van der Waals surface area contributed by atoms with Crippen LogP contribution in [0.15, 0.2) is 254 Å². The number of pyridine rings is 8. The van der Waals surface area contributed by atoms with Gasteiger partial charge in [0.25, 0.3) is 0 Å². The molecule has 0 spiro atoms. The average molecular weight is 1870 g/mol. The van der Waals surface area contributed by atoms with Crippen molar-refractivity contribution in [3.63, 3.8) is 0 Å². The van der Waals surface area contributed by atoms with Gasteiger partial charge in [0.05, 0.1) is 45.5 Å². The fourth-order valence-corrected chi connectivity index (χ4v) is 21.7. The predicted octanol–water partition coefficient (Wildman–Crippen LogP) is 27.5. The van der Waals surface area contributed by atoms with Gasteiger partial charge in [-0.1, -0.05) is 78.9 Å². The molecule has 20 heterocycles. The van der Waals surface area contributed by atoms with Gasteiger partial charge >= 0.3 is 0 Å². The van der Waals surface area contributed by atoms with Gasteiger partial charge in [-0.3, -0.25) is 14.7 Å². The normalized spacial score (nSPS) is 16.4. The third-order valence-electron chi connectivity index (χ3n) is 28.2. The van der Waals surface area contributed by atoms with Crippen molar-refractivity contribution >= 4 is 202 Å². The zero-order valence-corrected chi connectivity index (χ0v) is 83.4. The highest BCUT2D eigenvalue weighted by Crippen LogP contribution is 2.56. The van der Waals surface area contributed by atoms with Crippen LogP contribution in [0.5, 0.6) is 0 Å². The Hall–Kier alpha value is -16.3. The fourth-order valence-electron chi connectivity index (χ4n) is 21.7. The Morgan fingerprint density at radius 3 is 0.872 bits per heavy atom. The van der Waals surface area contributed by atoms with Gasteiger partial charge in [0.1, 0.15) is 30.8 Å². The number of anilines is 16. The molecule has 0 bridgehead atoms. The zero-order chi connectivity index (χ0) is 97.8. The molecule has 21 aromatic rings. The topological polar surface area (TPSA) is 253 Å². The van der Waals surface area contributed by atoms with Gasteiger partial charge in [-0.05, 0) is 282 Å². The smallest absolute Gasteiger partial charge is 0.227 e. The number of hydrogen-bond acceptors (Lipinski definition) is 27. The zero-order valence-electron chi connectivity index (χ0n) is 83.4. The largest absolute Gasteiger partial charge is 0.435 e. The minimum atomic E-state index is 0.0273. The Morgan fingerprint density at radius 1 is 0.227 bits per heavy atom. The van der Waals surface area contributed by atoms with Crippen molar-refractivity contribution in [2.75, 3.05) is 56.0 Å². The molecular weight excluding hydrogens is 1760 g/mol. The molecule has 27 heteroatoms. The Kier molecular flexibility index (Phi) is 22.3. The van der Waals surface area contributed by atoms with Gasteiger partial charge in [0.2, 0.25) is 28.6 Å². The van der Waals surface area contributed by atoms with E-state index < -0.39 is 0 Å². The second-order valence-electron chi connectivity index (χ2n) is 38.4. The minimum Gasteiger partial charge on any atom is -0.435 e. The summed E-state index contributed by atoms with van der Waals surface area (Å²) in [6.45, 7) is 44.7. The first-order chi connectivity index (χ1) is 68.1. The number of nitrogens with zero attached hydrogens (tertiary/aromatic N) is 22. The molecule has 0 radical (unpaired) electrons. The van der Waals surface area contributed by atoms with Crippen LogP contribution in [-0.2, 0) is 0 Å². The molecule has 0 saturated carbocycles. The van der Waals surface area contributed by atoms with Crippen LogP contribution in [0.3, 0.4) is 0 Å². The number of benzene rings is 6. The summed E-state index contributed by atoms with van der Waals surface area (Å²) in [6.07, 6.45) is 13.0. The van der Waals surface area contributed by atoms with Gasteiger partial charge in [-0.2, -0.15) is 0 Å². The number of fused-ring (bicyclic) bond motifs is 20. The maximum Gasteiger partial charge on any atom is 0.227 e. The van der Waals surface area contributed by atoms with Gasteiger partial charge in [-0.25, -0.2) is 59.8 Å². The van der Waals surface area contributed by atoms with Crippen molar-refractivity contribution in [2.24, 2.45) is 0 Å². The van der Waals surface area contributed by atoms with E-state index in [2.05, 4.69) is 338 Å². The standard InChI is InChI=1S/C26H22N4O.2C23H24N4O.C22H23N5O.C20H19N5O/c1-16-11-13-20-21-14-12-17(2)28-26(21)31-24(20)23(16)30-18(3)29(19-8-5-4-6-9-19)22-10-7-15-27-25(22)30;1-13(2)26-16(5)27(19-7-6-12-24-22(19)26)20-14(3)8-10-17-18-11-9-15(4)25-23(18)28-21(17)20;1-13(2)26-16(5)27(22-19(26)7-6-12-24-22)20-14(3)8-10-17-18-11-9-15(4)25-23(18)28-21(17)20;1-12(2)26-15(5)27(21-20(26)23-10-11-24-21)18-13(3)6-8-16-17-9-7-14(4)25-22(17)28-19(16)18;1-11-5-7-14-15-8-6-12(2)23-20(15)26-17(14)16(11)25-13(3)24(4)18-19(25)22-10-9-21-18/h4-15,18H,1-3H3;2*6-13,16H,1-5H3;6-12,15H,1-5H3;5-10,13H,1-4H3/t18-;2*16-;15-;13-/m00000/s1. The third-order valence-corrected chi connectivity index (χ3v) is 28.2. The molecule has 27 nitrogen and oxygen atoms in total. The lowest BCUT2D eigenvalue weighted by atomic mass is 10.1. The number of hydrogen-bond donors (Lipinski definition) is 0. The quantitative estimate of drug-likeness (QED) is 0.130. The van der Waals surface area contributed by atoms with Crippen LogP contribution < -0.4 is 49.0 Å². The van der Waals surface area contributed by atoms with Crippen LogP contribution in [0.1, 0.15) is 132 Å². The lowest BCUT2D eigenvalue weighted by Gasteiger charge is -2.33. The van der Waals surface area contributed by atoms with Crippen molar-refractivity contribution in [3.8, 4) is 0 Å². The first-order valence-electron chi connectivity index (χ1n) is 48.4. The van der Waals surface area contributed by atoms with E-state index in [0.717, 1.165) is 224 Å². The molecule has 5 aliphatic heterocycles. The molecule has 6 aromatic carbocycles. The van der Waals surface area contributed by atoms with Gasteiger partial charge in [0, 0.05) is 157 Å².